The van der Waals surface area contributed by atoms with Gasteiger partial charge in [-0.15, -0.1) is 0 Å². The molecule has 0 aliphatic carbocycles. The first-order valence-electron chi connectivity index (χ1n) is 9.70. The SMILES string of the molecule is O=C1CCC(c2c(F)cc(N3CC(N(C(=O)O)c4cc(F)cc(Cl)c4)C3)cc2F)C(=O)N1. The first-order valence-corrected chi connectivity index (χ1v) is 10.1. The largest absolute Gasteiger partial charge is 0.465 e. The van der Waals surface area contributed by atoms with Crippen molar-refractivity contribution in [2.24, 2.45) is 0 Å². The highest BCUT2D eigenvalue weighted by Crippen LogP contribution is 2.35. The van der Waals surface area contributed by atoms with Crippen LogP contribution in [0.25, 0.3) is 0 Å². The van der Waals surface area contributed by atoms with Gasteiger partial charge in [0.1, 0.15) is 17.5 Å². The lowest BCUT2D eigenvalue weighted by atomic mass is 9.89. The van der Waals surface area contributed by atoms with Crippen LogP contribution in [0.5, 0.6) is 0 Å². The zero-order chi connectivity index (χ0) is 23.2. The van der Waals surface area contributed by atoms with E-state index < -0.39 is 52.9 Å². The quantitative estimate of drug-likeness (QED) is 0.670. The molecule has 2 aliphatic heterocycles. The molecule has 2 fully saturated rings. The van der Waals surface area contributed by atoms with Crippen molar-refractivity contribution in [3.8, 4) is 0 Å². The molecule has 2 saturated heterocycles. The van der Waals surface area contributed by atoms with Crippen molar-refractivity contribution in [2.45, 2.75) is 24.8 Å². The highest BCUT2D eigenvalue weighted by molar-refractivity contribution is 6.30. The molecule has 0 saturated carbocycles. The number of imide groups is 1. The molecule has 0 aromatic heterocycles. The second kappa shape index (κ2) is 8.34. The van der Waals surface area contributed by atoms with E-state index in [0.717, 1.165) is 29.2 Å². The first kappa shape index (κ1) is 21.9. The van der Waals surface area contributed by atoms with Crippen LogP contribution in [0.2, 0.25) is 5.02 Å². The molecule has 0 bridgehead atoms. The van der Waals surface area contributed by atoms with Crippen LogP contribution in [0.1, 0.15) is 24.3 Å². The maximum Gasteiger partial charge on any atom is 0.412 e. The molecule has 11 heteroatoms. The Kier molecular flexibility index (Phi) is 5.72. The molecule has 4 rings (SSSR count). The molecular weight excluding hydrogens is 451 g/mol. The molecule has 32 heavy (non-hydrogen) atoms. The van der Waals surface area contributed by atoms with Gasteiger partial charge in [0.15, 0.2) is 0 Å². The second-order valence-corrected chi connectivity index (χ2v) is 8.10. The smallest absolute Gasteiger partial charge is 0.412 e. The van der Waals surface area contributed by atoms with Gasteiger partial charge in [0, 0.05) is 35.8 Å². The third-order valence-corrected chi connectivity index (χ3v) is 5.79. The molecule has 2 aromatic rings. The fourth-order valence-corrected chi connectivity index (χ4v) is 4.26. The highest BCUT2D eigenvalue weighted by atomic mass is 35.5. The Hall–Kier alpha value is -3.27. The zero-order valence-electron chi connectivity index (χ0n) is 16.4. The van der Waals surface area contributed by atoms with Crippen molar-refractivity contribution in [1.29, 1.82) is 0 Å². The number of anilines is 2. The van der Waals surface area contributed by atoms with Gasteiger partial charge in [-0.2, -0.15) is 0 Å². The number of nitrogens with one attached hydrogen (secondary N) is 1. The Morgan fingerprint density at radius 2 is 1.75 bits per heavy atom. The molecule has 7 nitrogen and oxygen atoms in total. The predicted molar refractivity (Wildman–Crippen MR) is 109 cm³/mol. The van der Waals surface area contributed by atoms with Gasteiger partial charge < -0.3 is 10.0 Å². The fraction of sp³-hybridized carbons (Fsp3) is 0.286. The van der Waals surface area contributed by atoms with Gasteiger partial charge in [0.05, 0.1) is 17.6 Å². The Morgan fingerprint density at radius 3 is 2.31 bits per heavy atom. The number of piperidine rings is 1. The van der Waals surface area contributed by atoms with Gasteiger partial charge in [0.2, 0.25) is 11.8 Å². The average Bonchev–Trinajstić information content (AvgIpc) is 2.64. The van der Waals surface area contributed by atoms with Gasteiger partial charge in [-0.3, -0.25) is 19.8 Å². The number of carbonyl (C=O) groups excluding carboxylic acids is 2. The summed E-state index contributed by atoms with van der Waals surface area (Å²) in [4.78, 5) is 37.5. The van der Waals surface area contributed by atoms with E-state index in [1.165, 1.54) is 6.07 Å². The van der Waals surface area contributed by atoms with E-state index in [4.69, 9.17) is 11.6 Å². The van der Waals surface area contributed by atoms with Crippen molar-refractivity contribution in [3.05, 3.63) is 58.4 Å². The minimum Gasteiger partial charge on any atom is -0.465 e. The summed E-state index contributed by atoms with van der Waals surface area (Å²) in [5, 5.41) is 11.7. The molecule has 1 atom stereocenters. The molecule has 0 radical (unpaired) electrons. The van der Waals surface area contributed by atoms with E-state index in [1.54, 1.807) is 4.90 Å². The number of benzene rings is 2. The minimum atomic E-state index is -1.32. The van der Waals surface area contributed by atoms with Crippen molar-refractivity contribution >= 4 is 40.9 Å². The van der Waals surface area contributed by atoms with Gasteiger partial charge in [0.25, 0.3) is 0 Å². The average molecular weight is 468 g/mol. The molecule has 3 amide bonds. The van der Waals surface area contributed by atoms with E-state index in [-0.39, 0.29) is 42.3 Å². The monoisotopic (exact) mass is 467 g/mol. The first-order chi connectivity index (χ1) is 15.1. The van der Waals surface area contributed by atoms with Gasteiger partial charge in [-0.25, -0.2) is 18.0 Å². The van der Waals surface area contributed by atoms with Crippen LogP contribution in [0.3, 0.4) is 0 Å². The van der Waals surface area contributed by atoms with Crippen molar-refractivity contribution < 1.29 is 32.7 Å². The Labute approximate surface area is 185 Å². The van der Waals surface area contributed by atoms with E-state index in [2.05, 4.69) is 5.32 Å². The fourth-order valence-electron chi connectivity index (χ4n) is 4.04. The van der Waals surface area contributed by atoms with Crippen LogP contribution in [-0.4, -0.2) is 42.1 Å². The van der Waals surface area contributed by atoms with Crippen LogP contribution in [0, 0.1) is 17.5 Å². The van der Waals surface area contributed by atoms with Gasteiger partial charge >= 0.3 is 6.09 Å². The molecule has 1 unspecified atom stereocenters. The standard InChI is InChI=1S/C21H17ClF3N3O4/c22-10-3-11(23)5-13(4-10)28(21(31)32)14-8-27(9-14)12-6-16(24)19(17(25)7-12)15-1-2-18(29)26-20(15)30/h3-7,14-15H,1-2,8-9H2,(H,31,32)(H,26,29,30). The molecule has 2 aromatic carbocycles. The van der Waals surface area contributed by atoms with Crippen molar-refractivity contribution in [2.75, 3.05) is 22.9 Å². The summed E-state index contributed by atoms with van der Waals surface area (Å²) in [6.45, 7) is 0.216. The second-order valence-electron chi connectivity index (χ2n) is 7.67. The lowest BCUT2D eigenvalue weighted by molar-refractivity contribution is -0.134. The summed E-state index contributed by atoms with van der Waals surface area (Å²) in [5.74, 6) is -4.89. The number of rotatable bonds is 4. The Bertz CT molecular complexity index is 1080. The van der Waals surface area contributed by atoms with Gasteiger partial charge in [-0.1, -0.05) is 11.6 Å². The number of carboxylic acid groups (broad SMARTS) is 1. The van der Waals surface area contributed by atoms with Crippen LogP contribution in [-0.2, 0) is 9.59 Å². The summed E-state index contributed by atoms with van der Waals surface area (Å²) >= 11 is 5.82. The molecule has 168 valence electrons. The number of halogens is 4. The summed E-state index contributed by atoms with van der Waals surface area (Å²) < 4.78 is 43.1. The summed E-state index contributed by atoms with van der Waals surface area (Å²) in [6, 6.07) is 4.96. The molecule has 2 N–H and O–H groups in total. The number of amides is 3. The maximum absolute atomic E-state index is 14.7. The van der Waals surface area contributed by atoms with Crippen LogP contribution < -0.4 is 15.1 Å². The Morgan fingerprint density at radius 1 is 1.09 bits per heavy atom. The number of nitrogens with zero attached hydrogens (tertiary/aromatic N) is 2. The minimum absolute atomic E-state index is 0.00735. The molecule has 0 spiro atoms. The van der Waals surface area contributed by atoms with E-state index >= 15 is 0 Å². The third kappa shape index (κ3) is 4.10. The lowest BCUT2D eigenvalue weighted by Crippen LogP contribution is -2.61. The zero-order valence-corrected chi connectivity index (χ0v) is 17.2. The van der Waals surface area contributed by atoms with E-state index in [1.807, 2.05) is 0 Å². The number of hydrogen-bond acceptors (Lipinski definition) is 4. The normalized spacial score (nSPS) is 18.9. The Balaban J connectivity index is 1.52. The number of hydrogen-bond donors (Lipinski definition) is 2. The van der Waals surface area contributed by atoms with Crippen LogP contribution in [0.4, 0.5) is 29.3 Å². The summed E-state index contributed by atoms with van der Waals surface area (Å²) in [7, 11) is 0. The number of carbonyl (C=O) groups is 3. The predicted octanol–water partition coefficient (Wildman–Crippen LogP) is 3.65. The molecule has 2 heterocycles. The third-order valence-electron chi connectivity index (χ3n) is 5.58. The van der Waals surface area contributed by atoms with Crippen LogP contribution >= 0.6 is 11.6 Å². The highest BCUT2D eigenvalue weighted by Gasteiger charge is 2.38. The summed E-state index contributed by atoms with van der Waals surface area (Å²) in [5.41, 5.74) is -0.176. The van der Waals surface area contributed by atoms with E-state index in [0.29, 0.717) is 0 Å². The van der Waals surface area contributed by atoms with Crippen LogP contribution in [0.15, 0.2) is 30.3 Å². The lowest BCUT2D eigenvalue weighted by Gasteiger charge is -2.45. The van der Waals surface area contributed by atoms with Gasteiger partial charge in [-0.05, 0) is 36.8 Å². The van der Waals surface area contributed by atoms with Crippen molar-refractivity contribution in [3.63, 3.8) is 0 Å². The van der Waals surface area contributed by atoms with E-state index in [9.17, 15) is 32.7 Å². The molecular formula is C21H17ClF3N3O4. The maximum atomic E-state index is 14.7. The molecule has 2 aliphatic rings. The summed E-state index contributed by atoms with van der Waals surface area (Å²) in [6.07, 6.45) is -1.32. The topological polar surface area (TPSA) is 90.0 Å². The van der Waals surface area contributed by atoms with Crippen molar-refractivity contribution in [1.82, 2.24) is 5.32 Å².